The van der Waals surface area contributed by atoms with Gasteiger partial charge in [-0.3, -0.25) is 9.69 Å². The number of aryl methyl sites for hydroxylation is 1. The van der Waals surface area contributed by atoms with Gasteiger partial charge in [-0.25, -0.2) is 4.98 Å². The Balaban J connectivity index is 0.00000208. The first-order valence-electron chi connectivity index (χ1n) is 7.96. The molecule has 1 aromatic carbocycles. The van der Waals surface area contributed by atoms with E-state index >= 15 is 0 Å². The van der Waals surface area contributed by atoms with E-state index < -0.39 is 0 Å². The average Bonchev–Trinajstić information content (AvgIpc) is 3.00. The molecule has 2 heterocycles. The summed E-state index contributed by atoms with van der Waals surface area (Å²) in [5.74, 6) is 1.04. The van der Waals surface area contributed by atoms with Gasteiger partial charge in [-0.1, -0.05) is 30.3 Å². The van der Waals surface area contributed by atoms with Gasteiger partial charge in [0.1, 0.15) is 5.82 Å². The highest BCUT2D eigenvalue weighted by atomic mass is 35.5. The summed E-state index contributed by atoms with van der Waals surface area (Å²) in [5.41, 5.74) is 1.11. The van der Waals surface area contributed by atoms with Gasteiger partial charge in [-0.15, -0.1) is 12.4 Å². The lowest BCUT2D eigenvalue weighted by Gasteiger charge is -2.35. The number of nitrogens with one attached hydrogen (secondary N) is 2. The second kappa shape index (κ2) is 8.82. The molecule has 2 N–H and O–H groups in total. The van der Waals surface area contributed by atoms with Crippen LogP contribution in [0.25, 0.3) is 0 Å². The average molecular weight is 350 g/mol. The molecule has 130 valence electrons. The first kappa shape index (κ1) is 18.4. The van der Waals surface area contributed by atoms with Crippen molar-refractivity contribution in [3.63, 3.8) is 0 Å². The number of benzene rings is 1. The minimum Gasteiger partial charge on any atom is -0.351 e. The van der Waals surface area contributed by atoms with Crippen LogP contribution in [-0.4, -0.2) is 46.5 Å². The number of amides is 1. The molecular formula is C17H24ClN5O. The normalized spacial score (nSPS) is 18.0. The summed E-state index contributed by atoms with van der Waals surface area (Å²) in [6.07, 6.45) is 3.75. The lowest BCUT2D eigenvalue weighted by molar-refractivity contribution is -0.123. The van der Waals surface area contributed by atoms with Gasteiger partial charge in [0.05, 0.1) is 12.6 Å². The molecule has 1 aromatic heterocycles. The van der Waals surface area contributed by atoms with Crippen LogP contribution >= 0.6 is 12.4 Å². The highest BCUT2D eigenvalue weighted by molar-refractivity contribution is 5.85. The van der Waals surface area contributed by atoms with E-state index in [0.29, 0.717) is 13.1 Å². The summed E-state index contributed by atoms with van der Waals surface area (Å²) in [6, 6.07) is 10.1. The molecule has 0 bridgehead atoms. The number of imidazole rings is 1. The van der Waals surface area contributed by atoms with Crippen molar-refractivity contribution in [3.8, 4) is 0 Å². The molecule has 0 radical (unpaired) electrons. The summed E-state index contributed by atoms with van der Waals surface area (Å²) in [5, 5.41) is 6.38. The predicted octanol–water partition coefficient (Wildman–Crippen LogP) is 1.10. The van der Waals surface area contributed by atoms with Crippen LogP contribution in [0, 0.1) is 0 Å². The largest absolute Gasteiger partial charge is 0.351 e. The summed E-state index contributed by atoms with van der Waals surface area (Å²) >= 11 is 0. The predicted molar refractivity (Wildman–Crippen MR) is 95.9 cm³/mol. The number of carbonyl (C=O) groups is 1. The number of aromatic nitrogens is 2. The van der Waals surface area contributed by atoms with Crippen molar-refractivity contribution < 1.29 is 4.79 Å². The molecule has 7 heteroatoms. The smallest absolute Gasteiger partial charge is 0.234 e. The Hall–Kier alpha value is -1.89. The molecule has 6 nitrogen and oxygen atoms in total. The number of carbonyl (C=O) groups excluding carboxylic acids is 1. The summed E-state index contributed by atoms with van der Waals surface area (Å²) in [4.78, 5) is 18.9. The lowest BCUT2D eigenvalue weighted by atomic mass is 10.1. The minimum absolute atomic E-state index is 0. The topological polar surface area (TPSA) is 62.2 Å². The highest BCUT2D eigenvalue weighted by Crippen LogP contribution is 2.19. The van der Waals surface area contributed by atoms with Crippen molar-refractivity contribution >= 4 is 18.3 Å². The molecular weight excluding hydrogens is 326 g/mol. The number of nitrogens with zero attached hydrogens (tertiary/aromatic N) is 3. The molecule has 2 aromatic rings. The van der Waals surface area contributed by atoms with Gasteiger partial charge < -0.3 is 15.2 Å². The minimum atomic E-state index is 0. The van der Waals surface area contributed by atoms with E-state index in [1.54, 1.807) is 6.20 Å². The fourth-order valence-electron chi connectivity index (χ4n) is 2.93. The van der Waals surface area contributed by atoms with Crippen LogP contribution in [0.3, 0.4) is 0 Å². The highest BCUT2D eigenvalue weighted by Gasteiger charge is 2.27. The molecule has 0 spiro atoms. The fraction of sp³-hybridized carbons (Fsp3) is 0.412. The third kappa shape index (κ3) is 4.56. The van der Waals surface area contributed by atoms with Gasteiger partial charge in [0.2, 0.25) is 5.91 Å². The van der Waals surface area contributed by atoms with Crippen molar-refractivity contribution in [2.24, 2.45) is 7.05 Å². The molecule has 0 aliphatic carbocycles. The Kier molecular flexibility index (Phi) is 6.78. The Morgan fingerprint density at radius 3 is 2.88 bits per heavy atom. The van der Waals surface area contributed by atoms with Crippen molar-refractivity contribution in [2.75, 3.05) is 26.2 Å². The standard InChI is InChI=1S/C17H23N5O.ClH/c1-21-9-8-19-17(21)15-12-18-7-10-22(15)13-16(23)20-11-14-5-3-2-4-6-14;/h2-6,8-9,15,18H,7,10-13H2,1H3,(H,20,23);1H. The summed E-state index contributed by atoms with van der Waals surface area (Å²) in [7, 11) is 1.99. The van der Waals surface area contributed by atoms with Crippen molar-refractivity contribution in [3.05, 3.63) is 54.1 Å². The van der Waals surface area contributed by atoms with E-state index in [1.807, 2.05) is 48.1 Å². The van der Waals surface area contributed by atoms with Crippen LogP contribution in [0.15, 0.2) is 42.7 Å². The third-order valence-corrected chi connectivity index (χ3v) is 4.19. The molecule has 1 amide bonds. The molecule has 1 unspecified atom stereocenters. The number of hydrogen-bond acceptors (Lipinski definition) is 4. The molecule has 3 rings (SSSR count). The van der Waals surface area contributed by atoms with Crippen LogP contribution < -0.4 is 10.6 Å². The Morgan fingerprint density at radius 2 is 2.17 bits per heavy atom. The van der Waals surface area contributed by atoms with E-state index in [4.69, 9.17) is 0 Å². The second-order valence-electron chi connectivity index (χ2n) is 5.85. The number of piperazine rings is 1. The van der Waals surface area contributed by atoms with Crippen LogP contribution in [0.1, 0.15) is 17.4 Å². The molecule has 1 aliphatic rings. The number of rotatable bonds is 5. The first-order chi connectivity index (χ1) is 11.2. The van der Waals surface area contributed by atoms with Gasteiger partial charge in [0, 0.05) is 45.6 Å². The van der Waals surface area contributed by atoms with Crippen LogP contribution in [0.2, 0.25) is 0 Å². The maximum atomic E-state index is 12.3. The molecule has 24 heavy (non-hydrogen) atoms. The number of halogens is 1. The molecule has 0 saturated carbocycles. The molecule has 1 fully saturated rings. The van der Waals surface area contributed by atoms with E-state index in [9.17, 15) is 4.79 Å². The van der Waals surface area contributed by atoms with Crippen molar-refractivity contribution in [1.29, 1.82) is 0 Å². The van der Waals surface area contributed by atoms with Crippen LogP contribution in [-0.2, 0) is 18.4 Å². The van der Waals surface area contributed by atoms with E-state index in [2.05, 4.69) is 20.5 Å². The molecule has 1 saturated heterocycles. The zero-order valence-corrected chi connectivity index (χ0v) is 14.6. The van der Waals surface area contributed by atoms with Crippen molar-refractivity contribution in [2.45, 2.75) is 12.6 Å². The van der Waals surface area contributed by atoms with Gasteiger partial charge in [0.25, 0.3) is 0 Å². The van der Waals surface area contributed by atoms with E-state index in [0.717, 1.165) is 31.0 Å². The van der Waals surface area contributed by atoms with Crippen molar-refractivity contribution in [1.82, 2.24) is 25.1 Å². The Labute approximate surface area is 148 Å². The van der Waals surface area contributed by atoms with Gasteiger partial charge in [-0.2, -0.15) is 0 Å². The fourth-order valence-corrected chi connectivity index (χ4v) is 2.93. The molecule has 1 aliphatic heterocycles. The van der Waals surface area contributed by atoms with Crippen LogP contribution in [0.4, 0.5) is 0 Å². The SMILES string of the molecule is Cl.Cn1ccnc1C1CNCCN1CC(=O)NCc1ccccc1. The summed E-state index contributed by atoms with van der Waals surface area (Å²) < 4.78 is 2.02. The van der Waals surface area contributed by atoms with E-state index in [-0.39, 0.29) is 24.4 Å². The van der Waals surface area contributed by atoms with Gasteiger partial charge in [-0.05, 0) is 5.56 Å². The van der Waals surface area contributed by atoms with E-state index in [1.165, 1.54) is 0 Å². The molecule has 1 atom stereocenters. The Morgan fingerprint density at radius 1 is 1.38 bits per heavy atom. The number of hydrogen-bond donors (Lipinski definition) is 2. The monoisotopic (exact) mass is 349 g/mol. The second-order valence-corrected chi connectivity index (χ2v) is 5.85. The van der Waals surface area contributed by atoms with Gasteiger partial charge in [0.15, 0.2) is 0 Å². The quantitative estimate of drug-likeness (QED) is 0.848. The Bertz CT molecular complexity index is 645. The summed E-state index contributed by atoms with van der Waals surface area (Å²) in [6.45, 7) is 3.52. The van der Waals surface area contributed by atoms with Crippen LogP contribution in [0.5, 0.6) is 0 Å². The maximum Gasteiger partial charge on any atom is 0.234 e. The third-order valence-electron chi connectivity index (χ3n) is 4.19. The van der Waals surface area contributed by atoms with Gasteiger partial charge >= 0.3 is 0 Å². The first-order valence-corrected chi connectivity index (χ1v) is 7.96. The maximum absolute atomic E-state index is 12.3. The lowest BCUT2D eigenvalue weighted by Crippen LogP contribution is -2.50. The zero-order chi connectivity index (χ0) is 16.1. The zero-order valence-electron chi connectivity index (χ0n) is 13.8.